The number of fused-ring (bicyclic) bond motifs is 1. The van der Waals surface area contributed by atoms with Crippen molar-refractivity contribution < 1.29 is 9.59 Å². The molecule has 0 aliphatic heterocycles. The smallest absolute Gasteiger partial charge is 0.283 e. The van der Waals surface area contributed by atoms with Gasteiger partial charge >= 0.3 is 0 Å². The van der Waals surface area contributed by atoms with E-state index in [9.17, 15) is 9.59 Å². The number of carbonyl (C=O) groups excluding carboxylic acids is 2. The zero-order valence-electron chi connectivity index (χ0n) is 11.6. The van der Waals surface area contributed by atoms with Gasteiger partial charge in [0.25, 0.3) is 11.8 Å². The van der Waals surface area contributed by atoms with Crippen LogP contribution in [0.3, 0.4) is 0 Å². The summed E-state index contributed by atoms with van der Waals surface area (Å²) in [6, 6.07) is 17.8. The summed E-state index contributed by atoms with van der Waals surface area (Å²) in [5.41, 5.74) is 6.28. The molecule has 1 heterocycles. The number of amides is 2. The summed E-state index contributed by atoms with van der Waals surface area (Å²) in [4.78, 5) is 24.2. The van der Waals surface area contributed by atoms with Crippen molar-refractivity contribution in [1.29, 1.82) is 0 Å². The van der Waals surface area contributed by atoms with Gasteiger partial charge in [-0.2, -0.15) is 0 Å². The Hall–Kier alpha value is -3.12. The highest BCUT2D eigenvalue weighted by molar-refractivity contribution is 6.04. The molecule has 110 valence electrons. The lowest BCUT2D eigenvalue weighted by atomic mass is 10.2. The maximum absolute atomic E-state index is 12.3. The van der Waals surface area contributed by atoms with E-state index in [1.165, 1.54) is 4.68 Å². The Labute approximate surface area is 126 Å². The normalized spacial score (nSPS) is 10.4. The van der Waals surface area contributed by atoms with Crippen LogP contribution in [0.5, 0.6) is 0 Å². The number of carbonyl (C=O) groups is 2. The molecule has 3 aromatic rings. The number of nitrogen functional groups attached to an aromatic ring is 1. The number of hydrogen-bond acceptors (Lipinski definition) is 3. The van der Waals surface area contributed by atoms with E-state index in [0.29, 0.717) is 11.1 Å². The minimum absolute atomic E-state index is 0.257. The number of aromatic nitrogens is 1. The van der Waals surface area contributed by atoms with Crippen molar-refractivity contribution in [2.45, 2.75) is 0 Å². The van der Waals surface area contributed by atoms with Crippen LogP contribution in [-0.4, -0.2) is 16.5 Å². The first-order valence-corrected chi connectivity index (χ1v) is 6.68. The van der Waals surface area contributed by atoms with Crippen LogP contribution < -0.4 is 16.7 Å². The standard InChI is InChI=1S/C16H14N4O2/c17-18-16(22)14-10-12-8-4-5-9-13(12)20(14)19-15(21)11-6-2-1-3-7-11/h1-10H,17H2,(H,18,22)(H,19,21). The van der Waals surface area contributed by atoms with Crippen molar-refractivity contribution >= 4 is 22.7 Å². The van der Waals surface area contributed by atoms with E-state index in [1.807, 2.05) is 30.3 Å². The van der Waals surface area contributed by atoms with Crippen molar-refractivity contribution in [1.82, 2.24) is 10.1 Å². The molecule has 1 aromatic heterocycles. The van der Waals surface area contributed by atoms with E-state index >= 15 is 0 Å². The minimum atomic E-state index is -0.482. The Morgan fingerprint density at radius 2 is 1.59 bits per heavy atom. The molecule has 2 amide bonds. The molecule has 6 nitrogen and oxygen atoms in total. The molecule has 0 saturated carbocycles. The van der Waals surface area contributed by atoms with Gasteiger partial charge in [0, 0.05) is 10.9 Å². The molecular weight excluding hydrogens is 280 g/mol. The molecule has 0 radical (unpaired) electrons. The second-order valence-corrected chi connectivity index (χ2v) is 4.70. The predicted octanol–water partition coefficient (Wildman–Crippen LogP) is 1.63. The van der Waals surface area contributed by atoms with E-state index < -0.39 is 5.91 Å². The Balaban J connectivity index is 2.05. The Kier molecular flexibility index (Phi) is 3.59. The summed E-state index contributed by atoms with van der Waals surface area (Å²) in [6.07, 6.45) is 0. The van der Waals surface area contributed by atoms with Gasteiger partial charge in [0.05, 0.1) is 5.52 Å². The Bertz CT molecular complexity index is 840. The predicted molar refractivity (Wildman–Crippen MR) is 83.7 cm³/mol. The van der Waals surface area contributed by atoms with Crippen molar-refractivity contribution in [3.8, 4) is 0 Å². The fourth-order valence-corrected chi connectivity index (χ4v) is 2.27. The maximum Gasteiger partial charge on any atom is 0.283 e. The maximum atomic E-state index is 12.3. The van der Waals surface area contributed by atoms with E-state index in [-0.39, 0.29) is 11.6 Å². The minimum Gasteiger partial charge on any atom is -0.289 e. The number of para-hydroxylation sites is 1. The van der Waals surface area contributed by atoms with Crippen LogP contribution in [0, 0.1) is 0 Å². The molecule has 0 saturated heterocycles. The molecule has 2 aromatic carbocycles. The number of benzene rings is 2. The molecule has 0 aliphatic rings. The third-order valence-electron chi connectivity index (χ3n) is 3.32. The van der Waals surface area contributed by atoms with Gasteiger partial charge in [-0.25, -0.2) is 10.5 Å². The monoisotopic (exact) mass is 294 g/mol. The largest absolute Gasteiger partial charge is 0.289 e. The Morgan fingerprint density at radius 3 is 2.32 bits per heavy atom. The highest BCUT2D eigenvalue weighted by Gasteiger charge is 2.16. The molecule has 0 aliphatic carbocycles. The molecule has 6 heteroatoms. The van der Waals surface area contributed by atoms with Crippen molar-refractivity contribution in [2.75, 3.05) is 5.43 Å². The third-order valence-corrected chi connectivity index (χ3v) is 3.32. The fourth-order valence-electron chi connectivity index (χ4n) is 2.27. The molecule has 0 fully saturated rings. The van der Waals surface area contributed by atoms with Gasteiger partial charge < -0.3 is 0 Å². The van der Waals surface area contributed by atoms with E-state index in [0.717, 1.165) is 5.39 Å². The number of nitrogens with zero attached hydrogens (tertiary/aromatic N) is 1. The molecule has 0 unspecified atom stereocenters. The second kappa shape index (κ2) is 5.71. The number of hydrogen-bond donors (Lipinski definition) is 3. The summed E-state index contributed by atoms with van der Waals surface area (Å²) in [6.45, 7) is 0. The topological polar surface area (TPSA) is 89.2 Å². The van der Waals surface area contributed by atoms with Crippen LogP contribution in [0.2, 0.25) is 0 Å². The van der Waals surface area contributed by atoms with Gasteiger partial charge in [0.1, 0.15) is 5.69 Å². The van der Waals surface area contributed by atoms with E-state index in [1.54, 1.807) is 30.3 Å². The summed E-state index contributed by atoms with van der Waals surface area (Å²) < 4.78 is 1.44. The molecule has 3 rings (SSSR count). The molecule has 0 bridgehead atoms. The van der Waals surface area contributed by atoms with Gasteiger partial charge in [-0.15, -0.1) is 0 Å². The molecule has 0 spiro atoms. The average molecular weight is 294 g/mol. The summed E-state index contributed by atoms with van der Waals surface area (Å²) in [7, 11) is 0. The molecule has 22 heavy (non-hydrogen) atoms. The number of nitrogens with one attached hydrogen (secondary N) is 2. The lowest BCUT2D eigenvalue weighted by Crippen LogP contribution is -2.34. The summed E-state index contributed by atoms with van der Waals surface area (Å²) in [5.74, 6) is 4.42. The highest BCUT2D eigenvalue weighted by atomic mass is 16.2. The van der Waals surface area contributed by atoms with Crippen LogP contribution in [0.4, 0.5) is 0 Å². The zero-order chi connectivity index (χ0) is 15.5. The average Bonchev–Trinajstić information content (AvgIpc) is 2.93. The highest BCUT2D eigenvalue weighted by Crippen LogP contribution is 2.18. The van der Waals surface area contributed by atoms with Gasteiger partial charge in [-0.1, -0.05) is 36.4 Å². The Morgan fingerprint density at radius 1 is 0.909 bits per heavy atom. The molecule has 4 N–H and O–H groups in total. The lowest BCUT2D eigenvalue weighted by Gasteiger charge is -2.11. The van der Waals surface area contributed by atoms with E-state index in [4.69, 9.17) is 5.84 Å². The van der Waals surface area contributed by atoms with Crippen LogP contribution >= 0.6 is 0 Å². The van der Waals surface area contributed by atoms with Crippen LogP contribution in [-0.2, 0) is 0 Å². The van der Waals surface area contributed by atoms with Crippen molar-refractivity contribution in [2.24, 2.45) is 5.84 Å². The first-order chi connectivity index (χ1) is 10.7. The van der Waals surface area contributed by atoms with Crippen molar-refractivity contribution in [3.05, 3.63) is 71.9 Å². The quantitative estimate of drug-likeness (QED) is 0.389. The van der Waals surface area contributed by atoms with Crippen LogP contribution in [0.15, 0.2) is 60.7 Å². The first kappa shape index (κ1) is 13.8. The zero-order valence-corrected chi connectivity index (χ0v) is 11.6. The SMILES string of the molecule is NNC(=O)c1cc2ccccc2n1NC(=O)c1ccccc1. The van der Waals surface area contributed by atoms with Gasteiger partial charge in [0.2, 0.25) is 0 Å². The van der Waals surface area contributed by atoms with Gasteiger partial charge in [0.15, 0.2) is 0 Å². The van der Waals surface area contributed by atoms with Crippen LogP contribution in [0.1, 0.15) is 20.8 Å². The van der Waals surface area contributed by atoms with Crippen molar-refractivity contribution in [3.63, 3.8) is 0 Å². The number of nitrogens with two attached hydrogens (primary N) is 1. The summed E-state index contributed by atoms with van der Waals surface area (Å²) in [5, 5.41) is 0.828. The van der Waals surface area contributed by atoms with Gasteiger partial charge in [-0.3, -0.25) is 20.4 Å². The lowest BCUT2D eigenvalue weighted by molar-refractivity contribution is 0.0945. The van der Waals surface area contributed by atoms with Crippen LogP contribution in [0.25, 0.3) is 10.9 Å². The first-order valence-electron chi connectivity index (χ1n) is 6.68. The fraction of sp³-hybridized carbons (Fsp3) is 0. The molecule has 0 atom stereocenters. The second-order valence-electron chi connectivity index (χ2n) is 4.70. The number of rotatable bonds is 3. The number of hydrazine groups is 1. The van der Waals surface area contributed by atoms with E-state index in [2.05, 4.69) is 10.9 Å². The third kappa shape index (κ3) is 2.43. The summed E-state index contributed by atoms with van der Waals surface area (Å²) >= 11 is 0. The molecular formula is C16H14N4O2. The van der Waals surface area contributed by atoms with Gasteiger partial charge in [-0.05, 0) is 24.3 Å².